The van der Waals surface area contributed by atoms with Crippen molar-refractivity contribution in [2.45, 2.75) is 6.92 Å². The van der Waals surface area contributed by atoms with Crippen molar-refractivity contribution in [3.05, 3.63) is 29.6 Å². The number of benzene rings is 1. The Kier molecular flexibility index (Phi) is 5.94. The lowest BCUT2D eigenvalue weighted by Gasteiger charge is -2.07. The lowest BCUT2D eigenvalue weighted by Crippen LogP contribution is -2.08. The smallest absolute Gasteiger partial charge is 0.162 e. The Morgan fingerprint density at radius 2 is 2.12 bits per heavy atom. The van der Waals surface area contributed by atoms with E-state index < -0.39 is 5.82 Å². The number of hydrogen-bond donors (Lipinski definition) is 0. The van der Waals surface area contributed by atoms with Gasteiger partial charge in [0.25, 0.3) is 0 Å². The Morgan fingerprint density at radius 1 is 1.35 bits per heavy atom. The molecule has 0 heterocycles. The monoisotopic (exact) mass is 260 g/mol. The zero-order chi connectivity index (χ0) is 12.7. The second kappa shape index (κ2) is 7.25. The van der Waals surface area contributed by atoms with Crippen LogP contribution in [0.5, 0.6) is 5.75 Å². The summed E-state index contributed by atoms with van der Waals surface area (Å²) < 4.78 is 23.7. The molecule has 0 fully saturated rings. The second-order valence-corrected chi connectivity index (χ2v) is 3.73. The van der Waals surface area contributed by atoms with E-state index in [0.717, 1.165) is 0 Å². The zero-order valence-corrected chi connectivity index (χ0v) is 10.3. The van der Waals surface area contributed by atoms with Gasteiger partial charge in [0.2, 0.25) is 0 Å². The van der Waals surface area contributed by atoms with Gasteiger partial charge in [-0.2, -0.15) is 0 Å². The third-order valence-electron chi connectivity index (χ3n) is 2.04. The molecule has 0 saturated heterocycles. The first-order valence-electron chi connectivity index (χ1n) is 5.22. The molecule has 0 amide bonds. The Hall–Kier alpha value is -1.13. The van der Waals surface area contributed by atoms with Crippen LogP contribution in [0, 0.1) is 5.82 Å². The summed E-state index contributed by atoms with van der Waals surface area (Å²) in [5.74, 6) is -0.0692. The molecule has 1 aromatic rings. The molecule has 0 spiro atoms. The molecule has 3 nitrogen and oxygen atoms in total. The lowest BCUT2D eigenvalue weighted by molar-refractivity contribution is 0.101. The molecule has 0 atom stereocenters. The minimum absolute atomic E-state index is 0.0655. The number of rotatable bonds is 7. The van der Waals surface area contributed by atoms with E-state index in [0.29, 0.717) is 31.5 Å². The maximum Gasteiger partial charge on any atom is 0.162 e. The molecule has 0 unspecified atom stereocenters. The third kappa shape index (κ3) is 4.71. The first-order chi connectivity index (χ1) is 8.15. The number of halogens is 2. The van der Waals surface area contributed by atoms with Crippen LogP contribution in [0.1, 0.15) is 17.3 Å². The highest BCUT2D eigenvalue weighted by Gasteiger charge is 2.07. The van der Waals surface area contributed by atoms with Gasteiger partial charge in [-0.05, 0) is 19.1 Å². The molecule has 0 saturated carbocycles. The van der Waals surface area contributed by atoms with Crippen LogP contribution in [0.4, 0.5) is 4.39 Å². The van der Waals surface area contributed by atoms with Crippen LogP contribution < -0.4 is 4.74 Å². The zero-order valence-electron chi connectivity index (χ0n) is 9.54. The summed E-state index contributed by atoms with van der Waals surface area (Å²) in [4.78, 5) is 11.0. The van der Waals surface area contributed by atoms with Crippen LogP contribution in [0.15, 0.2) is 18.2 Å². The molecule has 0 aromatic heterocycles. The van der Waals surface area contributed by atoms with Gasteiger partial charge in [0.05, 0.1) is 18.8 Å². The third-order valence-corrected chi connectivity index (χ3v) is 2.19. The second-order valence-electron chi connectivity index (χ2n) is 3.35. The standard InChI is InChI=1S/C12H14ClFO3/c1-9(15)11-3-2-10(8-12(11)14)17-7-6-16-5-4-13/h2-3,8H,4-7H2,1H3. The largest absolute Gasteiger partial charge is 0.491 e. The SMILES string of the molecule is CC(=O)c1ccc(OCCOCCCl)cc1F. The van der Waals surface area contributed by atoms with Gasteiger partial charge in [0, 0.05) is 11.9 Å². The molecule has 0 radical (unpaired) electrons. The minimum atomic E-state index is -0.573. The highest BCUT2D eigenvalue weighted by Crippen LogP contribution is 2.16. The van der Waals surface area contributed by atoms with E-state index >= 15 is 0 Å². The van der Waals surface area contributed by atoms with Crippen molar-refractivity contribution in [2.24, 2.45) is 0 Å². The van der Waals surface area contributed by atoms with Crippen molar-refractivity contribution in [1.82, 2.24) is 0 Å². The van der Waals surface area contributed by atoms with E-state index in [-0.39, 0.29) is 11.3 Å². The highest BCUT2D eigenvalue weighted by molar-refractivity contribution is 6.17. The predicted molar refractivity (Wildman–Crippen MR) is 63.4 cm³/mol. The fourth-order valence-electron chi connectivity index (χ4n) is 1.25. The van der Waals surface area contributed by atoms with Gasteiger partial charge in [0.1, 0.15) is 18.2 Å². The van der Waals surface area contributed by atoms with Crippen molar-refractivity contribution in [1.29, 1.82) is 0 Å². The molecule has 0 aliphatic heterocycles. The van der Waals surface area contributed by atoms with Gasteiger partial charge in [-0.3, -0.25) is 4.79 Å². The van der Waals surface area contributed by atoms with E-state index in [4.69, 9.17) is 21.1 Å². The van der Waals surface area contributed by atoms with Crippen LogP contribution in [0.2, 0.25) is 0 Å². The number of hydrogen-bond acceptors (Lipinski definition) is 3. The van der Waals surface area contributed by atoms with Gasteiger partial charge in [-0.25, -0.2) is 4.39 Å². The van der Waals surface area contributed by atoms with Gasteiger partial charge in [-0.1, -0.05) is 0 Å². The van der Waals surface area contributed by atoms with Gasteiger partial charge in [0.15, 0.2) is 5.78 Å². The molecule has 1 rings (SSSR count). The van der Waals surface area contributed by atoms with E-state index in [9.17, 15) is 9.18 Å². The quantitative estimate of drug-likeness (QED) is 0.430. The Balaban J connectivity index is 2.45. The molecule has 0 N–H and O–H groups in total. The number of ether oxygens (including phenoxy) is 2. The minimum Gasteiger partial charge on any atom is -0.491 e. The summed E-state index contributed by atoms with van der Waals surface area (Å²) >= 11 is 5.42. The summed E-state index contributed by atoms with van der Waals surface area (Å²) in [5, 5.41) is 0. The van der Waals surface area contributed by atoms with Crippen LogP contribution in [0.25, 0.3) is 0 Å². The maximum atomic E-state index is 13.4. The van der Waals surface area contributed by atoms with Gasteiger partial charge in [-0.15, -0.1) is 11.6 Å². The summed E-state index contributed by atoms with van der Waals surface area (Å²) in [7, 11) is 0. The number of Topliss-reactive ketones (excluding diaryl/α,β-unsaturated/α-hetero) is 1. The molecule has 94 valence electrons. The predicted octanol–water partition coefficient (Wildman–Crippen LogP) is 2.66. The topological polar surface area (TPSA) is 35.5 Å². The Bertz CT molecular complexity index is 382. The first kappa shape index (κ1) is 13.9. The molecular weight excluding hydrogens is 247 g/mol. The van der Waals surface area contributed by atoms with E-state index in [1.165, 1.54) is 19.1 Å². The average Bonchev–Trinajstić information content (AvgIpc) is 2.28. The van der Waals surface area contributed by atoms with Gasteiger partial charge >= 0.3 is 0 Å². The fourth-order valence-corrected chi connectivity index (χ4v) is 1.36. The van der Waals surface area contributed by atoms with Crippen molar-refractivity contribution in [2.75, 3.05) is 25.7 Å². The molecule has 0 bridgehead atoms. The molecule has 17 heavy (non-hydrogen) atoms. The van der Waals surface area contributed by atoms with E-state index in [1.54, 1.807) is 6.07 Å². The summed E-state index contributed by atoms with van der Waals surface area (Å²) in [6.45, 7) is 2.49. The summed E-state index contributed by atoms with van der Waals surface area (Å²) in [6.07, 6.45) is 0. The molecule has 1 aromatic carbocycles. The van der Waals surface area contributed by atoms with Crippen LogP contribution in [0.3, 0.4) is 0 Å². The summed E-state index contributed by atoms with van der Waals surface area (Å²) in [5.41, 5.74) is 0.0655. The Morgan fingerprint density at radius 3 is 2.71 bits per heavy atom. The first-order valence-corrected chi connectivity index (χ1v) is 5.75. The van der Waals surface area contributed by atoms with Crippen molar-refractivity contribution in [3.8, 4) is 5.75 Å². The van der Waals surface area contributed by atoms with Crippen LogP contribution >= 0.6 is 11.6 Å². The van der Waals surface area contributed by atoms with Crippen molar-refractivity contribution in [3.63, 3.8) is 0 Å². The molecule has 5 heteroatoms. The molecule has 0 aliphatic carbocycles. The number of carbonyl (C=O) groups is 1. The maximum absolute atomic E-state index is 13.4. The average molecular weight is 261 g/mol. The number of ketones is 1. The molecular formula is C12H14ClFO3. The fraction of sp³-hybridized carbons (Fsp3) is 0.417. The van der Waals surface area contributed by atoms with Crippen molar-refractivity contribution < 1.29 is 18.7 Å². The number of carbonyl (C=O) groups excluding carboxylic acids is 1. The van der Waals surface area contributed by atoms with E-state index in [2.05, 4.69) is 0 Å². The highest BCUT2D eigenvalue weighted by atomic mass is 35.5. The van der Waals surface area contributed by atoms with Crippen LogP contribution in [-0.4, -0.2) is 31.5 Å². The Labute approximate surface area is 104 Å². The number of alkyl halides is 1. The van der Waals surface area contributed by atoms with E-state index in [1.807, 2.05) is 0 Å². The van der Waals surface area contributed by atoms with Gasteiger partial charge < -0.3 is 9.47 Å². The molecule has 0 aliphatic rings. The lowest BCUT2D eigenvalue weighted by atomic mass is 10.1. The van der Waals surface area contributed by atoms with Crippen LogP contribution in [-0.2, 0) is 4.74 Å². The normalized spacial score (nSPS) is 10.3. The summed E-state index contributed by atoms with van der Waals surface area (Å²) in [6, 6.07) is 4.16. The van der Waals surface area contributed by atoms with Crippen molar-refractivity contribution >= 4 is 17.4 Å².